The molecule has 1 atom stereocenters. The minimum atomic E-state index is -0.286. The Morgan fingerprint density at radius 1 is 1.17 bits per heavy atom. The summed E-state index contributed by atoms with van der Waals surface area (Å²) in [5, 5.41) is 0. The van der Waals surface area contributed by atoms with Crippen LogP contribution in [0.2, 0.25) is 0 Å². The second kappa shape index (κ2) is 7.58. The van der Waals surface area contributed by atoms with Crippen LogP contribution in [0.15, 0.2) is 54.6 Å². The third-order valence-electron chi connectivity index (χ3n) is 4.65. The molecule has 1 amide bonds. The van der Waals surface area contributed by atoms with Gasteiger partial charge in [-0.2, -0.15) is 0 Å². The van der Waals surface area contributed by atoms with Crippen molar-refractivity contribution in [3.05, 3.63) is 66.0 Å². The molecule has 0 aliphatic carbocycles. The van der Waals surface area contributed by atoms with E-state index < -0.39 is 0 Å². The molecule has 0 saturated carbocycles. The van der Waals surface area contributed by atoms with Crippen molar-refractivity contribution in [3.63, 3.8) is 0 Å². The van der Waals surface area contributed by atoms with Gasteiger partial charge in [0.25, 0.3) is 0 Å². The van der Waals surface area contributed by atoms with Gasteiger partial charge in [-0.15, -0.1) is 0 Å². The monoisotopic (exact) mass is 326 g/mol. The number of piperidine rings is 1. The van der Waals surface area contributed by atoms with E-state index in [1.54, 1.807) is 24.1 Å². The maximum atomic E-state index is 13.1. The van der Waals surface area contributed by atoms with E-state index in [4.69, 9.17) is 0 Å². The molecule has 24 heavy (non-hydrogen) atoms. The minimum Gasteiger partial charge on any atom is -0.315 e. The van der Waals surface area contributed by atoms with Crippen LogP contribution in [0.3, 0.4) is 0 Å². The highest BCUT2D eigenvalue weighted by molar-refractivity contribution is 5.94. The van der Waals surface area contributed by atoms with Crippen molar-refractivity contribution in [1.82, 2.24) is 4.90 Å². The first-order chi connectivity index (χ1) is 11.6. The van der Waals surface area contributed by atoms with Crippen molar-refractivity contribution in [1.29, 1.82) is 0 Å². The lowest BCUT2D eigenvalue weighted by Gasteiger charge is -2.34. The second-order valence-electron chi connectivity index (χ2n) is 6.43. The summed E-state index contributed by atoms with van der Waals surface area (Å²) in [4.78, 5) is 16.8. The molecule has 2 aromatic rings. The van der Waals surface area contributed by atoms with Crippen LogP contribution in [-0.2, 0) is 11.3 Å². The molecule has 3 nitrogen and oxygen atoms in total. The van der Waals surface area contributed by atoms with E-state index in [2.05, 4.69) is 17.0 Å². The maximum absolute atomic E-state index is 13.1. The van der Waals surface area contributed by atoms with Crippen LogP contribution in [0, 0.1) is 11.7 Å². The van der Waals surface area contributed by atoms with E-state index in [1.165, 1.54) is 17.7 Å². The molecule has 4 heteroatoms. The summed E-state index contributed by atoms with van der Waals surface area (Å²) in [6.07, 6.45) is 1.94. The molecule has 0 bridgehead atoms. The van der Waals surface area contributed by atoms with Gasteiger partial charge in [-0.05, 0) is 49.2 Å². The molecular weight excluding hydrogens is 303 g/mol. The number of benzene rings is 2. The van der Waals surface area contributed by atoms with Gasteiger partial charge in [-0.3, -0.25) is 9.69 Å². The molecule has 1 fully saturated rings. The Hall–Kier alpha value is -2.20. The van der Waals surface area contributed by atoms with E-state index in [-0.39, 0.29) is 17.6 Å². The summed E-state index contributed by atoms with van der Waals surface area (Å²) in [7, 11) is 1.77. The van der Waals surface area contributed by atoms with Crippen molar-refractivity contribution < 1.29 is 9.18 Å². The number of nitrogens with zero attached hydrogens (tertiary/aromatic N) is 2. The number of rotatable bonds is 4. The molecule has 1 aliphatic rings. The van der Waals surface area contributed by atoms with Crippen molar-refractivity contribution in [2.24, 2.45) is 5.92 Å². The number of anilines is 1. The summed E-state index contributed by atoms with van der Waals surface area (Å²) in [6, 6.07) is 16.4. The Labute approximate surface area is 142 Å². The third-order valence-corrected chi connectivity index (χ3v) is 4.65. The SMILES string of the molecule is CN(C(=O)[C@@H]1CCCN(Cc2ccccc2)C1)c1ccc(F)cc1. The van der Waals surface area contributed by atoms with E-state index in [1.807, 2.05) is 18.2 Å². The highest BCUT2D eigenvalue weighted by Gasteiger charge is 2.28. The average Bonchev–Trinajstić information content (AvgIpc) is 2.62. The number of hydrogen-bond donors (Lipinski definition) is 0. The van der Waals surface area contributed by atoms with Gasteiger partial charge in [0.1, 0.15) is 5.82 Å². The number of amides is 1. The molecule has 2 aromatic carbocycles. The maximum Gasteiger partial charge on any atom is 0.231 e. The lowest BCUT2D eigenvalue weighted by atomic mass is 9.96. The van der Waals surface area contributed by atoms with Gasteiger partial charge in [0.15, 0.2) is 0 Å². The van der Waals surface area contributed by atoms with Crippen LogP contribution in [0.5, 0.6) is 0 Å². The first kappa shape index (κ1) is 16.7. The number of halogens is 1. The summed E-state index contributed by atoms with van der Waals surface area (Å²) in [5.41, 5.74) is 2.01. The summed E-state index contributed by atoms with van der Waals surface area (Å²) in [6.45, 7) is 2.68. The van der Waals surface area contributed by atoms with Gasteiger partial charge < -0.3 is 4.90 Å². The van der Waals surface area contributed by atoms with Gasteiger partial charge in [0.05, 0.1) is 5.92 Å². The zero-order valence-corrected chi connectivity index (χ0v) is 14.0. The van der Waals surface area contributed by atoms with Gasteiger partial charge in [0, 0.05) is 25.8 Å². The number of hydrogen-bond acceptors (Lipinski definition) is 2. The first-order valence-corrected chi connectivity index (χ1v) is 8.43. The van der Waals surface area contributed by atoms with Gasteiger partial charge >= 0.3 is 0 Å². The average molecular weight is 326 g/mol. The topological polar surface area (TPSA) is 23.6 Å². The van der Waals surface area contributed by atoms with Crippen LogP contribution >= 0.6 is 0 Å². The van der Waals surface area contributed by atoms with Crippen LogP contribution < -0.4 is 4.90 Å². The number of likely N-dealkylation sites (tertiary alicyclic amines) is 1. The smallest absolute Gasteiger partial charge is 0.231 e. The van der Waals surface area contributed by atoms with Crippen molar-refractivity contribution >= 4 is 11.6 Å². The fourth-order valence-electron chi connectivity index (χ4n) is 3.31. The normalized spacial score (nSPS) is 18.3. The van der Waals surface area contributed by atoms with Crippen molar-refractivity contribution in [2.45, 2.75) is 19.4 Å². The molecule has 3 rings (SSSR count). The Balaban J connectivity index is 1.63. The molecule has 126 valence electrons. The van der Waals surface area contributed by atoms with E-state index in [9.17, 15) is 9.18 Å². The highest BCUT2D eigenvalue weighted by atomic mass is 19.1. The Morgan fingerprint density at radius 3 is 2.58 bits per heavy atom. The lowest BCUT2D eigenvalue weighted by molar-refractivity contribution is -0.123. The molecule has 0 unspecified atom stereocenters. The largest absolute Gasteiger partial charge is 0.315 e. The van der Waals surface area contributed by atoms with Crippen molar-refractivity contribution in [3.8, 4) is 0 Å². The Morgan fingerprint density at radius 2 is 1.88 bits per heavy atom. The van der Waals surface area contributed by atoms with Gasteiger partial charge in [-0.1, -0.05) is 30.3 Å². The molecule has 1 heterocycles. The molecule has 0 spiro atoms. The van der Waals surface area contributed by atoms with Crippen LogP contribution in [0.25, 0.3) is 0 Å². The van der Waals surface area contributed by atoms with Crippen LogP contribution in [-0.4, -0.2) is 30.9 Å². The fraction of sp³-hybridized carbons (Fsp3) is 0.350. The molecule has 1 aliphatic heterocycles. The van der Waals surface area contributed by atoms with E-state index in [0.717, 1.165) is 38.2 Å². The summed E-state index contributed by atoms with van der Waals surface area (Å²) in [5.74, 6) is -0.178. The van der Waals surface area contributed by atoms with Gasteiger partial charge in [0.2, 0.25) is 5.91 Å². The van der Waals surface area contributed by atoms with E-state index >= 15 is 0 Å². The van der Waals surface area contributed by atoms with Crippen LogP contribution in [0.1, 0.15) is 18.4 Å². The predicted octanol–water partition coefficient (Wildman–Crippen LogP) is 3.70. The van der Waals surface area contributed by atoms with E-state index in [0.29, 0.717) is 0 Å². The third kappa shape index (κ3) is 4.01. The molecule has 0 aromatic heterocycles. The number of carbonyl (C=O) groups is 1. The zero-order valence-electron chi connectivity index (χ0n) is 14.0. The zero-order chi connectivity index (χ0) is 16.9. The lowest BCUT2D eigenvalue weighted by Crippen LogP contribution is -2.43. The summed E-state index contributed by atoms with van der Waals surface area (Å²) >= 11 is 0. The van der Waals surface area contributed by atoms with Crippen LogP contribution in [0.4, 0.5) is 10.1 Å². The predicted molar refractivity (Wildman–Crippen MR) is 94.3 cm³/mol. The van der Waals surface area contributed by atoms with Crippen molar-refractivity contribution in [2.75, 3.05) is 25.0 Å². The second-order valence-corrected chi connectivity index (χ2v) is 6.43. The Bertz CT molecular complexity index is 672. The fourth-order valence-corrected chi connectivity index (χ4v) is 3.31. The number of carbonyl (C=O) groups excluding carboxylic acids is 1. The standard InChI is InChI=1S/C20H23FN2O/c1-22(19-11-9-18(21)10-12-19)20(24)17-8-5-13-23(15-17)14-16-6-3-2-4-7-16/h2-4,6-7,9-12,17H,5,8,13-15H2,1H3/t17-/m1/s1. The Kier molecular flexibility index (Phi) is 5.26. The minimum absolute atomic E-state index is 0.00230. The molecule has 0 N–H and O–H groups in total. The quantitative estimate of drug-likeness (QED) is 0.855. The highest BCUT2D eigenvalue weighted by Crippen LogP contribution is 2.23. The molecule has 1 saturated heterocycles. The molecular formula is C20H23FN2O. The molecule has 0 radical (unpaired) electrons. The van der Waals surface area contributed by atoms with Gasteiger partial charge in [-0.25, -0.2) is 4.39 Å². The summed E-state index contributed by atoms with van der Waals surface area (Å²) < 4.78 is 13.1. The first-order valence-electron chi connectivity index (χ1n) is 8.43.